The highest BCUT2D eigenvalue weighted by Gasteiger charge is 2.18. The molecular formula is C14H12ClF2NO. The molecule has 2 N–H and O–H groups in total. The third-order valence-corrected chi connectivity index (χ3v) is 3.07. The van der Waals surface area contributed by atoms with E-state index in [-0.39, 0.29) is 12.2 Å². The highest BCUT2D eigenvalue weighted by atomic mass is 35.5. The lowest BCUT2D eigenvalue weighted by molar-refractivity contribution is 0.273. The summed E-state index contributed by atoms with van der Waals surface area (Å²) in [5.41, 5.74) is 0.606. The van der Waals surface area contributed by atoms with Gasteiger partial charge in [0, 0.05) is 5.56 Å². The van der Waals surface area contributed by atoms with Crippen LogP contribution in [-0.4, -0.2) is 11.7 Å². The zero-order valence-corrected chi connectivity index (χ0v) is 10.7. The van der Waals surface area contributed by atoms with E-state index in [0.29, 0.717) is 10.7 Å². The average Bonchev–Trinajstić information content (AvgIpc) is 2.41. The van der Waals surface area contributed by atoms with Crippen molar-refractivity contribution in [1.82, 2.24) is 0 Å². The first-order valence-corrected chi connectivity index (χ1v) is 6.07. The smallest absolute Gasteiger partial charge is 0.164 e. The molecule has 2 aromatic carbocycles. The summed E-state index contributed by atoms with van der Waals surface area (Å²) in [5.74, 6) is -1.92. The molecule has 0 saturated carbocycles. The lowest BCUT2D eigenvalue weighted by Crippen LogP contribution is -2.17. The van der Waals surface area contributed by atoms with Crippen LogP contribution >= 0.6 is 11.6 Å². The molecule has 0 aliphatic heterocycles. The van der Waals surface area contributed by atoms with Crippen molar-refractivity contribution in [2.45, 2.75) is 6.04 Å². The van der Waals surface area contributed by atoms with E-state index in [4.69, 9.17) is 11.6 Å². The van der Waals surface area contributed by atoms with E-state index in [2.05, 4.69) is 5.32 Å². The van der Waals surface area contributed by atoms with Crippen molar-refractivity contribution in [2.75, 3.05) is 11.9 Å². The fourth-order valence-corrected chi connectivity index (χ4v) is 1.97. The van der Waals surface area contributed by atoms with Crippen LogP contribution in [0.3, 0.4) is 0 Å². The third kappa shape index (κ3) is 3.03. The van der Waals surface area contributed by atoms with Crippen molar-refractivity contribution in [2.24, 2.45) is 0 Å². The van der Waals surface area contributed by atoms with Gasteiger partial charge in [-0.2, -0.15) is 0 Å². The summed E-state index contributed by atoms with van der Waals surface area (Å²) in [5, 5.41) is 12.7. The van der Waals surface area contributed by atoms with E-state index in [1.807, 2.05) is 0 Å². The Morgan fingerprint density at radius 1 is 1.11 bits per heavy atom. The van der Waals surface area contributed by atoms with Crippen LogP contribution < -0.4 is 5.32 Å². The fraction of sp³-hybridized carbons (Fsp3) is 0.143. The number of hydrogen-bond acceptors (Lipinski definition) is 2. The van der Waals surface area contributed by atoms with Crippen molar-refractivity contribution in [3.8, 4) is 0 Å². The maximum absolute atomic E-state index is 13.7. The van der Waals surface area contributed by atoms with Gasteiger partial charge in [-0.3, -0.25) is 0 Å². The second-order valence-electron chi connectivity index (χ2n) is 4.00. The minimum atomic E-state index is -0.971. The van der Waals surface area contributed by atoms with Crippen molar-refractivity contribution in [3.63, 3.8) is 0 Å². The zero-order valence-electron chi connectivity index (χ0n) is 9.91. The topological polar surface area (TPSA) is 32.3 Å². The van der Waals surface area contributed by atoms with Gasteiger partial charge in [0.2, 0.25) is 0 Å². The molecule has 2 rings (SSSR count). The first-order valence-electron chi connectivity index (χ1n) is 5.69. The van der Waals surface area contributed by atoms with Crippen LogP contribution in [0.25, 0.3) is 0 Å². The highest BCUT2D eigenvalue weighted by molar-refractivity contribution is 6.33. The van der Waals surface area contributed by atoms with E-state index >= 15 is 0 Å². The Balaban J connectivity index is 2.31. The van der Waals surface area contributed by atoms with Gasteiger partial charge in [-0.1, -0.05) is 35.9 Å². The molecule has 5 heteroatoms. The molecule has 2 aromatic rings. The van der Waals surface area contributed by atoms with Gasteiger partial charge in [0.05, 0.1) is 23.4 Å². The first kappa shape index (κ1) is 13.8. The first-order chi connectivity index (χ1) is 9.13. The lowest BCUT2D eigenvalue weighted by atomic mass is 10.1. The van der Waals surface area contributed by atoms with E-state index in [9.17, 15) is 13.9 Å². The minimum absolute atomic E-state index is 0.0578. The fourth-order valence-electron chi connectivity index (χ4n) is 1.78. The van der Waals surface area contributed by atoms with Gasteiger partial charge in [-0.25, -0.2) is 8.78 Å². The van der Waals surface area contributed by atoms with Crippen LogP contribution in [0.4, 0.5) is 14.5 Å². The predicted molar refractivity (Wildman–Crippen MR) is 71.3 cm³/mol. The van der Waals surface area contributed by atoms with E-state index in [0.717, 1.165) is 6.07 Å². The minimum Gasteiger partial charge on any atom is -0.394 e. The van der Waals surface area contributed by atoms with Gasteiger partial charge < -0.3 is 10.4 Å². The number of benzene rings is 2. The van der Waals surface area contributed by atoms with Gasteiger partial charge in [0.1, 0.15) is 0 Å². The Hall–Kier alpha value is -1.65. The number of aliphatic hydroxyl groups is 1. The third-order valence-electron chi connectivity index (χ3n) is 2.74. The van der Waals surface area contributed by atoms with Crippen molar-refractivity contribution < 1.29 is 13.9 Å². The SMILES string of the molecule is OCC(Nc1ccccc1Cl)c1cccc(F)c1F. The molecule has 0 heterocycles. The molecule has 0 spiro atoms. The summed E-state index contributed by atoms with van der Waals surface area (Å²) >= 11 is 5.97. The summed E-state index contributed by atoms with van der Waals surface area (Å²) in [6.45, 7) is -0.383. The number of anilines is 1. The van der Waals surface area contributed by atoms with Crippen LogP contribution in [0.2, 0.25) is 5.02 Å². The maximum atomic E-state index is 13.7. The molecule has 0 fully saturated rings. The molecule has 0 bridgehead atoms. The van der Waals surface area contributed by atoms with Crippen molar-refractivity contribution in [3.05, 3.63) is 64.7 Å². The highest BCUT2D eigenvalue weighted by Crippen LogP contribution is 2.27. The predicted octanol–water partition coefficient (Wildman–Crippen LogP) is 3.76. The molecule has 0 aromatic heterocycles. The Morgan fingerprint density at radius 3 is 2.53 bits per heavy atom. The standard InChI is InChI=1S/C14H12ClF2NO/c15-10-5-1-2-7-12(10)18-13(8-19)9-4-3-6-11(16)14(9)17/h1-7,13,18-19H,8H2. The monoisotopic (exact) mass is 283 g/mol. The number of halogens is 3. The second-order valence-corrected chi connectivity index (χ2v) is 4.41. The summed E-state index contributed by atoms with van der Waals surface area (Å²) in [7, 11) is 0. The summed E-state index contributed by atoms with van der Waals surface area (Å²) < 4.78 is 26.9. The van der Waals surface area contributed by atoms with Crippen LogP contribution in [-0.2, 0) is 0 Å². The van der Waals surface area contributed by atoms with Crippen LogP contribution in [0, 0.1) is 11.6 Å². The molecule has 1 unspecified atom stereocenters. The molecule has 19 heavy (non-hydrogen) atoms. The maximum Gasteiger partial charge on any atom is 0.164 e. The van der Waals surface area contributed by atoms with Gasteiger partial charge in [-0.05, 0) is 18.2 Å². The molecule has 1 atom stereocenters. The Kier molecular flexibility index (Phi) is 4.35. The zero-order chi connectivity index (χ0) is 13.8. The van der Waals surface area contributed by atoms with E-state index in [1.54, 1.807) is 24.3 Å². The van der Waals surface area contributed by atoms with Gasteiger partial charge in [0.25, 0.3) is 0 Å². The average molecular weight is 284 g/mol. The van der Waals surface area contributed by atoms with Crippen LogP contribution in [0.15, 0.2) is 42.5 Å². The van der Waals surface area contributed by atoms with Crippen molar-refractivity contribution >= 4 is 17.3 Å². The number of rotatable bonds is 4. The number of para-hydroxylation sites is 1. The quantitative estimate of drug-likeness (QED) is 0.895. The number of aliphatic hydroxyl groups excluding tert-OH is 1. The molecule has 0 amide bonds. The molecule has 0 radical (unpaired) electrons. The molecule has 0 saturated heterocycles. The molecule has 0 aliphatic carbocycles. The lowest BCUT2D eigenvalue weighted by Gasteiger charge is -2.19. The van der Waals surface area contributed by atoms with E-state index in [1.165, 1.54) is 12.1 Å². The summed E-state index contributed by atoms with van der Waals surface area (Å²) in [6, 6.07) is 9.95. The number of nitrogens with one attached hydrogen (secondary N) is 1. The molecular weight excluding hydrogens is 272 g/mol. The van der Waals surface area contributed by atoms with Gasteiger partial charge in [-0.15, -0.1) is 0 Å². The van der Waals surface area contributed by atoms with Crippen LogP contribution in [0.1, 0.15) is 11.6 Å². The Labute approximate surface area is 114 Å². The van der Waals surface area contributed by atoms with E-state index < -0.39 is 17.7 Å². The molecule has 100 valence electrons. The Morgan fingerprint density at radius 2 is 1.84 bits per heavy atom. The van der Waals surface area contributed by atoms with Crippen molar-refractivity contribution in [1.29, 1.82) is 0 Å². The normalized spacial score (nSPS) is 12.2. The Bertz CT molecular complexity index is 577. The second kappa shape index (κ2) is 5.99. The largest absolute Gasteiger partial charge is 0.394 e. The number of hydrogen-bond donors (Lipinski definition) is 2. The molecule has 2 nitrogen and oxygen atoms in total. The molecule has 0 aliphatic rings. The summed E-state index contributed by atoms with van der Waals surface area (Å²) in [4.78, 5) is 0. The van der Waals surface area contributed by atoms with Gasteiger partial charge in [0.15, 0.2) is 11.6 Å². The van der Waals surface area contributed by atoms with Crippen LogP contribution in [0.5, 0.6) is 0 Å². The summed E-state index contributed by atoms with van der Waals surface area (Å²) in [6.07, 6.45) is 0. The van der Waals surface area contributed by atoms with Gasteiger partial charge >= 0.3 is 0 Å².